The molecule has 1 aromatic carbocycles. The molecule has 2 rings (SSSR count). The first kappa shape index (κ1) is 14.7. The molecule has 1 aromatic heterocycles. The molecule has 0 atom stereocenters. The van der Waals surface area contributed by atoms with Crippen LogP contribution < -0.4 is 5.56 Å². The molecule has 106 valence electrons. The lowest BCUT2D eigenvalue weighted by molar-refractivity contribution is 0.443. The fraction of sp³-hybridized carbons (Fsp3) is 0.333. The van der Waals surface area contributed by atoms with Crippen LogP contribution in [-0.2, 0) is 6.42 Å². The first-order valence-corrected chi connectivity index (χ1v) is 7.69. The van der Waals surface area contributed by atoms with Gasteiger partial charge in [-0.2, -0.15) is 4.98 Å². The van der Waals surface area contributed by atoms with Crippen LogP contribution in [0.15, 0.2) is 34.0 Å². The lowest BCUT2D eigenvalue weighted by Gasteiger charge is -2.06. The van der Waals surface area contributed by atoms with Crippen molar-refractivity contribution in [2.75, 3.05) is 5.75 Å². The van der Waals surface area contributed by atoms with E-state index in [1.165, 1.54) is 4.90 Å². The van der Waals surface area contributed by atoms with E-state index < -0.39 is 0 Å². The van der Waals surface area contributed by atoms with Crippen LogP contribution in [0.2, 0.25) is 0 Å². The van der Waals surface area contributed by atoms with Crippen molar-refractivity contribution < 1.29 is 5.11 Å². The maximum Gasteiger partial charge on any atom is 0.258 e. The molecule has 0 saturated carbocycles. The van der Waals surface area contributed by atoms with Gasteiger partial charge in [0, 0.05) is 10.5 Å². The van der Waals surface area contributed by atoms with E-state index in [1.54, 1.807) is 11.8 Å². The molecule has 0 saturated heterocycles. The SMILES string of the molecule is CCCc1c(O)nc(-c2ccc(SCC)cc2)[nH]c1=O. The zero-order valence-corrected chi connectivity index (χ0v) is 12.5. The molecule has 0 aliphatic rings. The van der Waals surface area contributed by atoms with Crippen LogP contribution in [0.4, 0.5) is 0 Å². The number of thioether (sulfide) groups is 1. The molecule has 1 heterocycles. The molecule has 20 heavy (non-hydrogen) atoms. The molecular formula is C15H18N2O2S. The standard InChI is InChI=1S/C15H18N2O2S/c1-3-5-12-14(18)16-13(17-15(12)19)10-6-8-11(9-7-10)20-4-2/h6-9H,3-5H2,1-2H3,(H2,16,17,18,19). The highest BCUT2D eigenvalue weighted by molar-refractivity contribution is 7.99. The number of hydrogen-bond acceptors (Lipinski definition) is 4. The first-order valence-electron chi connectivity index (χ1n) is 6.71. The van der Waals surface area contributed by atoms with Crippen LogP contribution in [0.1, 0.15) is 25.8 Å². The minimum atomic E-state index is -0.263. The summed E-state index contributed by atoms with van der Waals surface area (Å²) < 4.78 is 0. The molecule has 0 fully saturated rings. The minimum absolute atomic E-state index is 0.169. The van der Waals surface area contributed by atoms with Crippen molar-refractivity contribution in [1.82, 2.24) is 9.97 Å². The van der Waals surface area contributed by atoms with E-state index in [0.29, 0.717) is 17.8 Å². The molecule has 0 aliphatic carbocycles. The number of rotatable bonds is 5. The van der Waals surface area contributed by atoms with Gasteiger partial charge in [0.25, 0.3) is 5.56 Å². The summed E-state index contributed by atoms with van der Waals surface area (Å²) in [6.45, 7) is 4.05. The van der Waals surface area contributed by atoms with E-state index in [4.69, 9.17) is 0 Å². The Bertz CT molecular complexity index is 635. The number of nitrogens with one attached hydrogen (secondary N) is 1. The van der Waals surface area contributed by atoms with Crippen LogP contribution in [0.3, 0.4) is 0 Å². The summed E-state index contributed by atoms with van der Waals surface area (Å²) >= 11 is 1.75. The Morgan fingerprint density at radius 3 is 2.50 bits per heavy atom. The number of aromatic amines is 1. The fourth-order valence-electron chi connectivity index (χ4n) is 1.97. The smallest absolute Gasteiger partial charge is 0.258 e. The van der Waals surface area contributed by atoms with E-state index >= 15 is 0 Å². The minimum Gasteiger partial charge on any atom is -0.493 e. The van der Waals surface area contributed by atoms with Crippen molar-refractivity contribution in [3.8, 4) is 17.3 Å². The van der Waals surface area contributed by atoms with Gasteiger partial charge in [-0.05, 0) is 24.3 Å². The van der Waals surface area contributed by atoms with E-state index in [0.717, 1.165) is 17.7 Å². The number of nitrogens with zero attached hydrogens (tertiary/aromatic N) is 1. The molecule has 0 unspecified atom stereocenters. The van der Waals surface area contributed by atoms with Gasteiger partial charge in [-0.3, -0.25) is 4.79 Å². The summed E-state index contributed by atoms with van der Waals surface area (Å²) in [7, 11) is 0. The second kappa shape index (κ2) is 6.61. The Balaban J connectivity index is 2.35. The van der Waals surface area contributed by atoms with Crippen molar-refractivity contribution in [2.45, 2.75) is 31.6 Å². The zero-order chi connectivity index (χ0) is 14.5. The van der Waals surface area contributed by atoms with Crippen molar-refractivity contribution in [3.63, 3.8) is 0 Å². The Kier molecular flexibility index (Phi) is 4.84. The predicted octanol–water partition coefficient (Wildman–Crippen LogP) is 3.21. The average Bonchev–Trinajstić information content (AvgIpc) is 2.44. The summed E-state index contributed by atoms with van der Waals surface area (Å²) in [5, 5.41) is 9.87. The fourth-order valence-corrected chi connectivity index (χ4v) is 2.64. The molecule has 0 amide bonds. The third-order valence-electron chi connectivity index (χ3n) is 2.93. The molecule has 2 N–H and O–H groups in total. The summed E-state index contributed by atoms with van der Waals surface area (Å²) in [5.41, 5.74) is 0.886. The second-order valence-electron chi connectivity index (χ2n) is 4.42. The second-order valence-corrected chi connectivity index (χ2v) is 5.76. The molecule has 0 radical (unpaired) electrons. The summed E-state index contributed by atoms with van der Waals surface area (Å²) in [6, 6.07) is 7.77. The van der Waals surface area contributed by atoms with Crippen LogP contribution >= 0.6 is 11.8 Å². The molecule has 0 spiro atoms. The quantitative estimate of drug-likeness (QED) is 0.830. The van der Waals surface area contributed by atoms with Gasteiger partial charge < -0.3 is 10.1 Å². The number of aromatic nitrogens is 2. The summed E-state index contributed by atoms with van der Waals surface area (Å²) in [4.78, 5) is 19.9. The molecule has 2 aromatic rings. The van der Waals surface area contributed by atoms with Crippen molar-refractivity contribution in [2.24, 2.45) is 0 Å². The Morgan fingerprint density at radius 2 is 1.95 bits per heavy atom. The highest BCUT2D eigenvalue weighted by Crippen LogP contribution is 2.23. The average molecular weight is 290 g/mol. The lowest BCUT2D eigenvalue weighted by Crippen LogP contribution is -2.15. The Morgan fingerprint density at radius 1 is 1.25 bits per heavy atom. The number of aromatic hydroxyl groups is 1. The normalized spacial score (nSPS) is 10.7. The van der Waals surface area contributed by atoms with E-state index in [2.05, 4.69) is 16.9 Å². The largest absolute Gasteiger partial charge is 0.493 e. The van der Waals surface area contributed by atoms with Gasteiger partial charge in [-0.25, -0.2) is 0 Å². The molecule has 5 heteroatoms. The Hall–Kier alpha value is -1.75. The van der Waals surface area contributed by atoms with Crippen LogP contribution in [-0.4, -0.2) is 20.8 Å². The third-order valence-corrected chi connectivity index (χ3v) is 3.83. The molecular weight excluding hydrogens is 272 g/mol. The molecule has 4 nitrogen and oxygen atoms in total. The summed E-state index contributed by atoms with van der Waals surface area (Å²) in [5.74, 6) is 1.25. The number of hydrogen-bond donors (Lipinski definition) is 2. The van der Waals surface area contributed by atoms with Gasteiger partial charge in [0.15, 0.2) is 0 Å². The predicted molar refractivity (Wildman–Crippen MR) is 82.4 cm³/mol. The highest BCUT2D eigenvalue weighted by Gasteiger charge is 2.10. The first-order chi connectivity index (χ1) is 9.65. The number of benzene rings is 1. The lowest BCUT2D eigenvalue weighted by atomic mass is 10.1. The summed E-state index contributed by atoms with van der Waals surface area (Å²) in [6.07, 6.45) is 1.32. The maximum absolute atomic E-state index is 11.9. The van der Waals surface area contributed by atoms with Gasteiger partial charge >= 0.3 is 0 Å². The molecule has 0 aliphatic heterocycles. The van der Waals surface area contributed by atoms with Crippen molar-refractivity contribution >= 4 is 11.8 Å². The van der Waals surface area contributed by atoms with Crippen LogP contribution in [0.5, 0.6) is 5.88 Å². The Labute approximate surface area is 122 Å². The third kappa shape index (κ3) is 3.22. The van der Waals surface area contributed by atoms with E-state index in [-0.39, 0.29) is 11.4 Å². The topological polar surface area (TPSA) is 66.0 Å². The van der Waals surface area contributed by atoms with E-state index in [1.807, 2.05) is 31.2 Å². The number of H-pyrrole nitrogens is 1. The van der Waals surface area contributed by atoms with Crippen molar-refractivity contribution in [1.29, 1.82) is 0 Å². The zero-order valence-electron chi connectivity index (χ0n) is 11.6. The van der Waals surface area contributed by atoms with E-state index in [9.17, 15) is 9.90 Å². The van der Waals surface area contributed by atoms with Crippen LogP contribution in [0, 0.1) is 0 Å². The van der Waals surface area contributed by atoms with Gasteiger partial charge in [0.2, 0.25) is 5.88 Å². The van der Waals surface area contributed by atoms with Gasteiger partial charge in [-0.1, -0.05) is 32.4 Å². The van der Waals surface area contributed by atoms with Gasteiger partial charge in [0.05, 0.1) is 5.56 Å². The van der Waals surface area contributed by atoms with Crippen molar-refractivity contribution in [3.05, 3.63) is 40.2 Å². The maximum atomic E-state index is 11.9. The molecule has 0 bridgehead atoms. The van der Waals surface area contributed by atoms with Gasteiger partial charge in [-0.15, -0.1) is 11.8 Å². The highest BCUT2D eigenvalue weighted by atomic mass is 32.2. The van der Waals surface area contributed by atoms with Gasteiger partial charge in [0.1, 0.15) is 5.82 Å². The monoisotopic (exact) mass is 290 g/mol. The van der Waals surface area contributed by atoms with Crippen LogP contribution in [0.25, 0.3) is 11.4 Å².